The Morgan fingerprint density at radius 2 is 1.96 bits per heavy atom. The molecule has 0 aliphatic carbocycles. The van der Waals surface area contributed by atoms with Crippen LogP contribution in [0.1, 0.15) is 10.4 Å². The van der Waals surface area contributed by atoms with E-state index in [1.807, 2.05) is 0 Å². The van der Waals surface area contributed by atoms with Crippen LogP contribution in [0, 0.1) is 0 Å². The summed E-state index contributed by atoms with van der Waals surface area (Å²) in [6.07, 6.45) is 3.00. The molecule has 0 unspecified atom stereocenters. The number of pyridine rings is 1. The first-order valence-corrected chi connectivity index (χ1v) is 7.47. The van der Waals surface area contributed by atoms with Gasteiger partial charge >= 0.3 is 0 Å². The third-order valence-electron chi connectivity index (χ3n) is 2.97. The van der Waals surface area contributed by atoms with E-state index in [0.29, 0.717) is 21.2 Å². The van der Waals surface area contributed by atoms with Gasteiger partial charge in [0.15, 0.2) is 5.82 Å². The Hall–Kier alpha value is -2.77. The summed E-state index contributed by atoms with van der Waals surface area (Å²) in [4.78, 5) is 28.2. The van der Waals surface area contributed by atoms with Crippen LogP contribution < -0.4 is 11.1 Å². The van der Waals surface area contributed by atoms with E-state index in [4.69, 9.17) is 28.9 Å². The third kappa shape index (κ3) is 3.58. The first-order chi connectivity index (χ1) is 11.5. The van der Waals surface area contributed by atoms with Crippen molar-refractivity contribution in [2.45, 2.75) is 0 Å². The zero-order valence-corrected chi connectivity index (χ0v) is 13.6. The Morgan fingerprint density at radius 1 is 1.12 bits per heavy atom. The molecule has 0 saturated carbocycles. The molecule has 2 aromatic heterocycles. The lowest BCUT2D eigenvalue weighted by atomic mass is 10.2. The molecule has 1 aromatic carbocycles. The molecule has 120 valence electrons. The average molecular weight is 361 g/mol. The fourth-order valence-corrected chi connectivity index (χ4v) is 2.40. The van der Waals surface area contributed by atoms with Crippen LogP contribution in [0.2, 0.25) is 10.0 Å². The number of nitrogens with one attached hydrogen (secondary N) is 1. The summed E-state index contributed by atoms with van der Waals surface area (Å²) >= 11 is 12.0. The number of hydrogen-bond donors (Lipinski definition) is 2. The lowest BCUT2D eigenvalue weighted by Crippen LogP contribution is -2.16. The Morgan fingerprint density at radius 3 is 2.67 bits per heavy atom. The lowest BCUT2D eigenvalue weighted by molar-refractivity contribution is 0.102. The molecule has 9 heteroatoms. The van der Waals surface area contributed by atoms with E-state index in [1.54, 1.807) is 36.5 Å². The normalized spacial score (nSPS) is 10.4. The molecule has 3 rings (SSSR count). The number of halogens is 2. The zero-order chi connectivity index (χ0) is 17.1. The smallest absolute Gasteiger partial charge is 0.259 e. The number of hydrogen-bond acceptors (Lipinski definition) is 6. The number of amides is 1. The highest BCUT2D eigenvalue weighted by atomic mass is 35.5. The fraction of sp³-hybridized carbons (Fsp3) is 0. The Labute approximate surface area is 146 Å². The van der Waals surface area contributed by atoms with Gasteiger partial charge in [0.1, 0.15) is 0 Å². The molecule has 0 aliphatic rings. The summed E-state index contributed by atoms with van der Waals surface area (Å²) in [5.74, 6) is -0.225. The van der Waals surface area contributed by atoms with Crippen LogP contribution in [0.3, 0.4) is 0 Å². The number of nitrogen functional groups attached to an aromatic ring is 1. The van der Waals surface area contributed by atoms with E-state index >= 15 is 0 Å². The van der Waals surface area contributed by atoms with Gasteiger partial charge < -0.3 is 5.73 Å². The maximum atomic E-state index is 12.1. The van der Waals surface area contributed by atoms with Gasteiger partial charge in [-0.3, -0.25) is 15.1 Å². The number of rotatable bonds is 3. The number of carbonyl (C=O) groups excluding carboxylic acids is 1. The lowest BCUT2D eigenvalue weighted by Gasteiger charge is -2.08. The van der Waals surface area contributed by atoms with Crippen molar-refractivity contribution in [3.8, 4) is 11.4 Å². The van der Waals surface area contributed by atoms with Crippen molar-refractivity contribution in [1.82, 2.24) is 19.9 Å². The first kappa shape index (κ1) is 16.1. The van der Waals surface area contributed by atoms with Crippen LogP contribution >= 0.6 is 23.2 Å². The van der Waals surface area contributed by atoms with Crippen molar-refractivity contribution in [2.75, 3.05) is 11.1 Å². The molecule has 7 nitrogen and oxygen atoms in total. The minimum Gasteiger partial charge on any atom is -0.368 e. The SMILES string of the molecule is Nc1nc(NC(=O)c2cccnc2)nc(-c2ccc(Cl)cc2Cl)n1. The highest BCUT2D eigenvalue weighted by Gasteiger charge is 2.13. The quantitative estimate of drug-likeness (QED) is 0.743. The molecule has 0 bridgehead atoms. The zero-order valence-electron chi connectivity index (χ0n) is 12.1. The number of carbonyl (C=O) groups is 1. The van der Waals surface area contributed by atoms with Crippen molar-refractivity contribution >= 4 is 41.0 Å². The van der Waals surface area contributed by atoms with Gasteiger partial charge in [-0.25, -0.2) is 0 Å². The molecular weight excluding hydrogens is 351 g/mol. The highest BCUT2D eigenvalue weighted by Crippen LogP contribution is 2.28. The second-order valence-corrected chi connectivity index (χ2v) is 5.50. The molecular formula is C15H10Cl2N6O. The van der Waals surface area contributed by atoms with Gasteiger partial charge in [-0.2, -0.15) is 15.0 Å². The van der Waals surface area contributed by atoms with Gasteiger partial charge in [-0.05, 0) is 30.3 Å². The predicted molar refractivity (Wildman–Crippen MR) is 91.9 cm³/mol. The minimum atomic E-state index is -0.415. The highest BCUT2D eigenvalue weighted by molar-refractivity contribution is 6.36. The van der Waals surface area contributed by atoms with Crippen molar-refractivity contribution in [1.29, 1.82) is 0 Å². The summed E-state index contributed by atoms with van der Waals surface area (Å²) < 4.78 is 0. The molecule has 0 saturated heterocycles. The molecule has 2 heterocycles. The Bertz CT molecular complexity index is 904. The van der Waals surface area contributed by atoms with E-state index in [9.17, 15) is 4.79 Å². The summed E-state index contributed by atoms with van der Waals surface area (Å²) in [5, 5.41) is 3.39. The predicted octanol–water partition coefficient (Wildman–Crippen LogP) is 3.07. The first-order valence-electron chi connectivity index (χ1n) is 6.71. The van der Waals surface area contributed by atoms with Gasteiger partial charge in [0.05, 0.1) is 10.6 Å². The summed E-state index contributed by atoms with van der Waals surface area (Å²) in [7, 11) is 0. The molecule has 3 aromatic rings. The van der Waals surface area contributed by atoms with Gasteiger partial charge in [0.2, 0.25) is 11.9 Å². The minimum absolute atomic E-state index is 0.0115. The van der Waals surface area contributed by atoms with Crippen LogP contribution in [0.25, 0.3) is 11.4 Å². The number of benzene rings is 1. The summed E-state index contributed by atoms with van der Waals surface area (Å²) in [5.41, 5.74) is 6.58. The second-order valence-electron chi connectivity index (χ2n) is 4.66. The average Bonchev–Trinajstić information content (AvgIpc) is 2.55. The topological polar surface area (TPSA) is 107 Å². The number of nitrogens with two attached hydrogens (primary N) is 1. The molecule has 0 fully saturated rings. The molecule has 0 aliphatic heterocycles. The van der Waals surface area contributed by atoms with E-state index < -0.39 is 5.91 Å². The van der Waals surface area contributed by atoms with Crippen molar-refractivity contribution < 1.29 is 4.79 Å². The van der Waals surface area contributed by atoms with E-state index in [2.05, 4.69) is 25.3 Å². The van der Waals surface area contributed by atoms with Crippen LogP contribution in [-0.4, -0.2) is 25.8 Å². The summed E-state index contributed by atoms with van der Waals surface area (Å²) in [6, 6.07) is 8.13. The fourth-order valence-electron chi connectivity index (χ4n) is 1.91. The monoisotopic (exact) mass is 360 g/mol. The standard InChI is InChI=1S/C15H10Cl2N6O/c16-9-3-4-10(11(17)6-9)12-20-14(18)23-15(21-12)22-13(24)8-2-1-5-19-7-8/h1-7H,(H3,18,20,21,22,23,24). The largest absolute Gasteiger partial charge is 0.368 e. The molecule has 0 spiro atoms. The van der Waals surface area contributed by atoms with Crippen molar-refractivity contribution in [3.63, 3.8) is 0 Å². The van der Waals surface area contributed by atoms with E-state index in [-0.39, 0.29) is 17.7 Å². The van der Waals surface area contributed by atoms with Crippen molar-refractivity contribution in [3.05, 3.63) is 58.3 Å². The molecule has 0 atom stereocenters. The van der Waals surface area contributed by atoms with Crippen LogP contribution in [-0.2, 0) is 0 Å². The van der Waals surface area contributed by atoms with E-state index in [0.717, 1.165) is 0 Å². The molecule has 1 amide bonds. The third-order valence-corrected chi connectivity index (χ3v) is 3.52. The van der Waals surface area contributed by atoms with Gasteiger partial charge in [0.25, 0.3) is 5.91 Å². The molecule has 24 heavy (non-hydrogen) atoms. The summed E-state index contributed by atoms with van der Waals surface area (Å²) in [6.45, 7) is 0. The van der Waals surface area contributed by atoms with Crippen molar-refractivity contribution in [2.24, 2.45) is 0 Å². The molecule has 0 radical (unpaired) electrons. The Kier molecular flexibility index (Phi) is 4.54. The molecule has 3 N–H and O–H groups in total. The van der Waals surface area contributed by atoms with Crippen LogP contribution in [0.15, 0.2) is 42.7 Å². The van der Waals surface area contributed by atoms with Gasteiger partial charge in [-0.1, -0.05) is 23.2 Å². The maximum absolute atomic E-state index is 12.1. The second kappa shape index (κ2) is 6.77. The Balaban J connectivity index is 1.93. The van der Waals surface area contributed by atoms with E-state index in [1.165, 1.54) is 6.20 Å². The number of anilines is 2. The maximum Gasteiger partial charge on any atom is 0.259 e. The van der Waals surface area contributed by atoms with Crippen LogP contribution in [0.5, 0.6) is 0 Å². The van der Waals surface area contributed by atoms with Gasteiger partial charge in [-0.15, -0.1) is 0 Å². The van der Waals surface area contributed by atoms with Gasteiger partial charge in [0, 0.05) is 23.0 Å². The number of nitrogens with zero attached hydrogens (tertiary/aromatic N) is 4. The number of aromatic nitrogens is 4. The van der Waals surface area contributed by atoms with Crippen LogP contribution in [0.4, 0.5) is 11.9 Å².